The molecule has 0 aliphatic carbocycles. The molecule has 2 heterocycles. The fourth-order valence-corrected chi connectivity index (χ4v) is 2.46. The molecule has 0 spiro atoms. The Morgan fingerprint density at radius 2 is 1.80 bits per heavy atom. The van der Waals surface area contributed by atoms with Crippen LogP contribution in [0.2, 0.25) is 0 Å². The van der Waals surface area contributed by atoms with Gasteiger partial charge in [-0.1, -0.05) is 17.7 Å². The maximum atomic E-state index is 12.9. The number of pyridine rings is 2. The molecule has 0 aliphatic heterocycles. The van der Waals surface area contributed by atoms with E-state index >= 15 is 0 Å². The van der Waals surface area contributed by atoms with Crippen LogP contribution in [0.15, 0.2) is 42.5 Å². The van der Waals surface area contributed by atoms with Crippen molar-refractivity contribution in [3.63, 3.8) is 0 Å². The summed E-state index contributed by atoms with van der Waals surface area (Å²) in [6, 6.07) is 11.1. The molecular weight excluding hydrogens is 331 g/mol. The molecule has 0 bridgehead atoms. The molecule has 0 atom stereocenters. The van der Waals surface area contributed by atoms with Gasteiger partial charge in [0, 0.05) is 10.9 Å². The first-order valence-electron chi connectivity index (χ1n) is 7.47. The number of halogens is 3. The lowest BCUT2D eigenvalue weighted by Crippen LogP contribution is -2.14. The lowest BCUT2D eigenvalue weighted by molar-refractivity contribution is -0.141. The molecule has 0 saturated carbocycles. The highest BCUT2D eigenvalue weighted by Gasteiger charge is 2.33. The Bertz CT molecular complexity index is 967. The number of anilines is 1. The van der Waals surface area contributed by atoms with Gasteiger partial charge in [0.05, 0.1) is 0 Å². The molecular formula is C18H14F3N3O. The van der Waals surface area contributed by atoms with Gasteiger partial charge in [-0.25, -0.2) is 9.97 Å². The van der Waals surface area contributed by atoms with E-state index in [4.69, 9.17) is 0 Å². The van der Waals surface area contributed by atoms with Crippen molar-refractivity contribution in [2.45, 2.75) is 20.0 Å². The Labute approximate surface area is 141 Å². The van der Waals surface area contributed by atoms with Crippen molar-refractivity contribution >= 4 is 22.8 Å². The Hall–Kier alpha value is -2.96. The van der Waals surface area contributed by atoms with E-state index in [1.54, 1.807) is 31.2 Å². The summed E-state index contributed by atoms with van der Waals surface area (Å²) in [5.41, 5.74) is 0.712. The molecule has 4 nitrogen and oxygen atoms in total. The minimum absolute atomic E-state index is 0.0608. The van der Waals surface area contributed by atoms with Gasteiger partial charge < -0.3 is 5.32 Å². The number of hydrogen-bond acceptors (Lipinski definition) is 3. The van der Waals surface area contributed by atoms with E-state index in [1.165, 1.54) is 6.07 Å². The summed E-state index contributed by atoms with van der Waals surface area (Å²) in [6.45, 7) is 3.42. The van der Waals surface area contributed by atoms with Crippen LogP contribution in [0.25, 0.3) is 11.0 Å². The number of carbonyl (C=O) groups is 1. The average Bonchev–Trinajstić information content (AvgIpc) is 2.53. The lowest BCUT2D eigenvalue weighted by atomic mass is 10.1. The van der Waals surface area contributed by atoms with Crippen LogP contribution in [0.4, 0.5) is 19.0 Å². The van der Waals surface area contributed by atoms with Gasteiger partial charge in [-0.05, 0) is 49.7 Å². The molecule has 0 fully saturated rings. The van der Waals surface area contributed by atoms with Crippen LogP contribution >= 0.6 is 0 Å². The summed E-state index contributed by atoms with van der Waals surface area (Å²) in [7, 11) is 0. The second-order valence-corrected chi connectivity index (χ2v) is 5.71. The number of nitrogens with zero attached hydrogens (tertiary/aromatic N) is 2. The summed E-state index contributed by atoms with van der Waals surface area (Å²) in [5.74, 6) is -0.246. The standard InChI is InChI=1S/C18H14F3N3O/c1-10-4-3-5-12(8-10)17(25)24-15-7-6-13-11(2)9-14(18(19,20)21)22-16(13)23-15/h3-9H,1-2H3,(H,22,23,24,25). The fourth-order valence-electron chi connectivity index (χ4n) is 2.46. The minimum atomic E-state index is -4.55. The second-order valence-electron chi connectivity index (χ2n) is 5.71. The summed E-state index contributed by atoms with van der Waals surface area (Å²) < 4.78 is 38.7. The molecule has 128 valence electrons. The minimum Gasteiger partial charge on any atom is -0.306 e. The van der Waals surface area contributed by atoms with E-state index in [0.717, 1.165) is 11.6 Å². The lowest BCUT2D eigenvalue weighted by Gasteiger charge is -2.10. The number of carbonyl (C=O) groups excluding carboxylic acids is 1. The van der Waals surface area contributed by atoms with E-state index in [9.17, 15) is 18.0 Å². The van der Waals surface area contributed by atoms with Crippen LogP contribution in [-0.4, -0.2) is 15.9 Å². The van der Waals surface area contributed by atoms with Crippen molar-refractivity contribution in [3.8, 4) is 0 Å². The number of hydrogen-bond donors (Lipinski definition) is 1. The maximum absolute atomic E-state index is 12.9. The first kappa shape index (κ1) is 16.9. The number of alkyl halides is 3. The van der Waals surface area contributed by atoms with Crippen LogP contribution in [0, 0.1) is 13.8 Å². The van der Waals surface area contributed by atoms with Crippen molar-refractivity contribution in [2.75, 3.05) is 5.32 Å². The van der Waals surface area contributed by atoms with Crippen molar-refractivity contribution in [1.29, 1.82) is 0 Å². The molecule has 0 saturated heterocycles. The van der Waals surface area contributed by atoms with Gasteiger partial charge >= 0.3 is 6.18 Å². The Morgan fingerprint density at radius 3 is 2.48 bits per heavy atom. The Balaban J connectivity index is 1.96. The number of benzene rings is 1. The van der Waals surface area contributed by atoms with Crippen LogP contribution in [0.3, 0.4) is 0 Å². The zero-order valence-electron chi connectivity index (χ0n) is 13.5. The average molecular weight is 345 g/mol. The second kappa shape index (κ2) is 6.16. The predicted octanol–water partition coefficient (Wildman–Crippen LogP) is 4.52. The molecule has 25 heavy (non-hydrogen) atoms. The van der Waals surface area contributed by atoms with Crippen molar-refractivity contribution in [1.82, 2.24) is 9.97 Å². The van der Waals surface area contributed by atoms with E-state index < -0.39 is 11.9 Å². The van der Waals surface area contributed by atoms with Gasteiger partial charge in [-0.15, -0.1) is 0 Å². The highest BCUT2D eigenvalue weighted by Crippen LogP contribution is 2.30. The number of rotatable bonds is 2. The smallest absolute Gasteiger partial charge is 0.306 e. The third-order valence-corrected chi connectivity index (χ3v) is 3.69. The molecule has 3 rings (SSSR count). The van der Waals surface area contributed by atoms with Crippen molar-refractivity contribution in [3.05, 3.63) is 64.8 Å². The normalized spacial score (nSPS) is 11.6. The van der Waals surface area contributed by atoms with Crippen LogP contribution < -0.4 is 5.32 Å². The highest BCUT2D eigenvalue weighted by molar-refractivity contribution is 6.04. The Morgan fingerprint density at radius 1 is 1.04 bits per heavy atom. The largest absolute Gasteiger partial charge is 0.433 e. The molecule has 2 aromatic heterocycles. The van der Waals surface area contributed by atoms with Crippen LogP contribution in [0.1, 0.15) is 27.2 Å². The van der Waals surface area contributed by atoms with E-state index in [0.29, 0.717) is 16.5 Å². The zero-order chi connectivity index (χ0) is 18.2. The summed E-state index contributed by atoms with van der Waals surface area (Å²) in [4.78, 5) is 19.9. The first-order chi connectivity index (χ1) is 11.7. The van der Waals surface area contributed by atoms with E-state index in [2.05, 4.69) is 15.3 Å². The Kier molecular flexibility index (Phi) is 4.16. The maximum Gasteiger partial charge on any atom is 0.433 e. The molecule has 1 amide bonds. The van der Waals surface area contributed by atoms with Gasteiger partial charge in [0.2, 0.25) is 0 Å². The number of aryl methyl sites for hydroxylation is 2. The summed E-state index contributed by atoms with van der Waals surface area (Å²) >= 11 is 0. The predicted molar refractivity (Wildman–Crippen MR) is 88.4 cm³/mol. The molecule has 0 aliphatic rings. The topological polar surface area (TPSA) is 54.9 Å². The molecule has 0 radical (unpaired) electrons. The van der Waals surface area contributed by atoms with Crippen LogP contribution in [-0.2, 0) is 6.18 Å². The molecule has 7 heteroatoms. The van der Waals surface area contributed by atoms with Gasteiger partial charge in [0.15, 0.2) is 5.65 Å². The molecule has 1 N–H and O–H groups in total. The van der Waals surface area contributed by atoms with Crippen LogP contribution in [0.5, 0.6) is 0 Å². The number of amides is 1. The van der Waals surface area contributed by atoms with E-state index in [-0.39, 0.29) is 17.4 Å². The zero-order valence-corrected chi connectivity index (χ0v) is 13.5. The third-order valence-electron chi connectivity index (χ3n) is 3.69. The van der Waals surface area contributed by atoms with E-state index in [1.807, 2.05) is 13.0 Å². The molecule has 1 aromatic carbocycles. The third kappa shape index (κ3) is 3.60. The number of aromatic nitrogens is 2. The number of fused-ring (bicyclic) bond motifs is 1. The van der Waals surface area contributed by atoms with Gasteiger partial charge in [0.1, 0.15) is 11.5 Å². The number of nitrogens with one attached hydrogen (secondary N) is 1. The first-order valence-corrected chi connectivity index (χ1v) is 7.47. The SMILES string of the molecule is Cc1cccc(C(=O)Nc2ccc3c(C)cc(C(F)(F)F)nc3n2)c1. The fraction of sp³-hybridized carbons (Fsp3) is 0.167. The molecule has 0 unspecified atom stereocenters. The van der Waals surface area contributed by atoms with Crippen molar-refractivity contribution < 1.29 is 18.0 Å². The summed E-state index contributed by atoms with van der Waals surface area (Å²) in [5, 5.41) is 3.09. The van der Waals surface area contributed by atoms with Gasteiger partial charge in [-0.2, -0.15) is 13.2 Å². The van der Waals surface area contributed by atoms with Crippen molar-refractivity contribution in [2.24, 2.45) is 0 Å². The van der Waals surface area contributed by atoms with Gasteiger partial charge in [0.25, 0.3) is 5.91 Å². The molecule has 3 aromatic rings. The van der Waals surface area contributed by atoms with Gasteiger partial charge in [-0.3, -0.25) is 4.79 Å². The summed E-state index contributed by atoms with van der Waals surface area (Å²) in [6.07, 6.45) is -4.55. The highest BCUT2D eigenvalue weighted by atomic mass is 19.4. The quantitative estimate of drug-likeness (QED) is 0.743. The monoisotopic (exact) mass is 345 g/mol.